The highest BCUT2D eigenvalue weighted by molar-refractivity contribution is 5.82. The van der Waals surface area contributed by atoms with Crippen LogP contribution in [0.1, 0.15) is 37.3 Å². The Hall–Kier alpha value is -1.35. The van der Waals surface area contributed by atoms with E-state index in [9.17, 15) is 4.79 Å². The highest BCUT2D eigenvalue weighted by Gasteiger charge is 2.26. The van der Waals surface area contributed by atoms with Crippen LogP contribution in [0, 0.1) is 0 Å². The number of unbranched alkanes of at least 4 members (excludes halogenated alkanes) is 1. The van der Waals surface area contributed by atoms with Gasteiger partial charge >= 0.3 is 0 Å². The van der Waals surface area contributed by atoms with Crippen molar-refractivity contribution in [2.24, 2.45) is 5.73 Å². The molecular formula is C14H20N2O. The van der Waals surface area contributed by atoms with Crippen molar-refractivity contribution < 1.29 is 4.79 Å². The molecule has 3 nitrogen and oxygen atoms in total. The third kappa shape index (κ3) is 2.67. The number of benzene rings is 1. The minimum atomic E-state index is -0.329. The largest absolute Gasteiger partial charge is 0.333 e. The number of hydrogen-bond acceptors (Lipinski definition) is 2. The third-order valence-corrected chi connectivity index (χ3v) is 3.34. The summed E-state index contributed by atoms with van der Waals surface area (Å²) in [6.07, 6.45) is 2.90. The van der Waals surface area contributed by atoms with Gasteiger partial charge in [-0.05, 0) is 17.5 Å². The SMILES string of the molecule is CCCC[C@H](N)C(=O)N1Cc2ccccc2C1. The first-order valence-electron chi connectivity index (χ1n) is 6.33. The average molecular weight is 232 g/mol. The minimum Gasteiger partial charge on any atom is -0.333 e. The van der Waals surface area contributed by atoms with Crippen LogP contribution in [0.15, 0.2) is 24.3 Å². The quantitative estimate of drug-likeness (QED) is 0.863. The molecule has 2 N–H and O–H groups in total. The minimum absolute atomic E-state index is 0.0923. The van der Waals surface area contributed by atoms with E-state index in [-0.39, 0.29) is 11.9 Å². The number of carbonyl (C=O) groups excluding carboxylic acids is 1. The van der Waals surface area contributed by atoms with Crippen molar-refractivity contribution >= 4 is 5.91 Å². The number of hydrogen-bond donors (Lipinski definition) is 1. The van der Waals surface area contributed by atoms with E-state index < -0.39 is 0 Å². The van der Waals surface area contributed by atoms with E-state index in [1.165, 1.54) is 11.1 Å². The van der Waals surface area contributed by atoms with Crippen LogP contribution >= 0.6 is 0 Å². The molecule has 2 rings (SSSR count). The Labute approximate surface area is 103 Å². The summed E-state index contributed by atoms with van der Waals surface area (Å²) in [5, 5.41) is 0. The highest BCUT2D eigenvalue weighted by Crippen LogP contribution is 2.22. The second kappa shape index (κ2) is 5.32. The van der Waals surface area contributed by atoms with Gasteiger partial charge in [-0.25, -0.2) is 0 Å². The van der Waals surface area contributed by atoms with E-state index in [4.69, 9.17) is 5.73 Å². The maximum absolute atomic E-state index is 12.1. The summed E-state index contributed by atoms with van der Waals surface area (Å²) in [6.45, 7) is 3.55. The molecule has 0 fully saturated rings. The van der Waals surface area contributed by atoms with Crippen molar-refractivity contribution in [3.63, 3.8) is 0 Å². The standard InChI is InChI=1S/C14H20N2O/c1-2-3-8-13(15)14(17)16-9-11-6-4-5-7-12(11)10-16/h4-7,13H,2-3,8-10,15H2,1H3/t13-/m0/s1. The third-order valence-electron chi connectivity index (χ3n) is 3.34. The number of carbonyl (C=O) groups is 1. The highest BCUT2D eigenvalue weighted by atomic mass is 16.2. The molecule has 0 radical (unpaired) electrons. The Morgan fingerprint density at radius 3 is 2.47 bits per heavy atom. The van der Waals surface area contributed by atoms with Gasteiger partial charge in [-0.2, -0.15) is 0 Å². The van der Waals surface area contributed by atoms with Gasteiger partial charge in [-0.15, -0.1) is 0 Å². The van der Waals surface area contributed by atoms with Gasteiger partial charge in [-0.3, -0.25) is 4.79 Å². The molecule has 17 heavy (non-hydrogen) atoms. The maximum atomic E-state index is 12.1. The lowest BCUT2D eigenvalue weighted by atomic mass is 10.1. The second-order valence-electron chi connectivity index (χ2n) is 4.71. The molecule has 0 spiro atoms. The van der Waals surface area contributed by atoms with E-state index >= 15 is 0 Å². The lowest BCUT2D eigenvalue weighted by molar-refractivity contribution is -0.133. The lowest BCUT2D eigenvalue weighted by Crippen LogP contribution is -2.41. The zero-order valence-electron chi connectivity index (χ0n) is 10.4. The number of fused-ring (bicyclic) bond motifs is 1. The van der Waals surface area contributed by atoms with Crippen LogP contribution in [0.25, 0.3) is 0 Å². The van der Waals surface area contributed by atoms with Crippen LogP contribution < -0.4 is 5.73 Å². The molecule has 1 aliphatic rings. The summed E-state index contributed by atoms with van der Waals surface area (Å²) in [6, 6.07) is 7.87. The molecular weight excluding hydrogens is 212 g/mol. The Balaban J connectivity index is 1.96. The van der Waals surface area contributed by atoms with Crippen molar-refractivity contribution in [1.82, 2.24) is 4.90 Å². The van der Waals surface area contributed by atoms with E-state index in [1.807, 2.05) is 17.0 Å². The first-order valence-corrected chi connectivity index (χ1v) is 6.33. The van der Waals surface area contributed by atoms with Crippen molar-refractivity contribution in [1.29, 1.82) is 0 Å². The van der Waals surface area contributed by atoms with Gasteiger partial charge in [-0.1, -0.05) is 44.0 Å². The van der Waals surface area contributed by atoms with Crippen molar-refractivity contribution in [2.75, 3.05) is 0 Å². The summed E-state index contributed by atoms with van der Waals surface area (Å²) in [5.41, 5.74) is 8.43. The Bertz CT molecular complexity index is 378. The summed E-state index contributed by atoms with van der Waals surface area (Å²) < 4.78 is 0. The fraction of sp³-hybridized carbons (Fsp3) is 0.500. The molecule has 3 heteroatoms. The van der Waals surface area contributed by atoms with Crippen molar-refractivity contribution in [2.45, 2.75) is 45.3 Å². The van der Waals surface area contributed by atoms with Crippen LogP contribution in [-0.4, -0.2) is 16.8 Å². The van der Waals surface area contributed by atoms with Crippen LogP contribution in [0.4, 0.5) is 0 Å². The van der Waals surface area contributed by atoms with E-state index in [0.717, 1.165) is 32.4 Å². The Morgan fingerprint density at radius 1 is 1.35 bits per heavy atom. The van der Waals surface area contributed by atoms with Gasteiger partial charge in [0.15, 0.2) is 0 Å². The van der Waals surface area contributed by atoms with Gasteiger partial charge in [0.1, 0.15) is 0 Å². The van der Waals surface area contributed by atoms with Gasteiger partial charge in [0, 0.05) is 13.1 Å². The molecule has 1 amide bonds. The Kier molecular flexibility index (Phi) is 3.79. The monoisotopic (exact) mass is 232 g/mol. The normalized spacial score (nSPS) is 15.8. The lowest BCUT2D eigenvalue weighted by Gasteiger charge is -2.20. The molecule has 0 bridgehead atoms. The first-order chi connectivity index (χ1) is 8.22. The molecule has 1 aliphatic heterocycles. The van der Waals surface area contributed by atoms with Gasteiger partial charge in [0.05, 0.1) is 6.04 Å². The predicted molar refractivity (Wildman–Crippen MR) is 68.2 cm³/mol. The van der Waals surface area contributed by atoms with Crippen LogP contribution in [0.2, 0.25) is 0 Å². The Morgan fingerprint density at radius 2 is 1.94 bits per heavy atom. The zero-order valence-corrected chi connectivity index (χ0v) is 10.4. The fourth-order valence-corrected chi connectivity index (χ4v) is 2.27. The number of amides is 1. The molecule has 1 aromatic carbocycles. The van der Waals surface area contributed by atoms with E-state index in [0.29, 0.717) is 0 Å². The van der Waals surface area contributed by atoms with E-state index in [1.54, 1.807) is 0 Å². The van der Waals surface area contributed by atoms with Gasteiger partial charge in [0.25, 0.3) is 0 Å². The van der Waals surface area contributed by atoms with Crippen LogP contribution in [0.3, 0.4) is 0 Å². The smallest absolute Gasteiger partial charge is 0.240 e. The van der Waals surface area contributed by atoms with Gasteiger partial charge in [0.2, 0.25) is 5.91 Å². The van der Waals surface area contributed by atoms with Gasteiger partial charge < -0.3 is 10.6 Å². The molecule has 0 saturated heterocycles. The first kappa shape index (κ1) is 12.1. The number of nitrogens with two attached hydrogens (primary N) is 1. The molecule has 0 aliphatic carbocycles. The van der Waals surface area contributed by atoms with E-state index in [2.05, 4.69) is 19.1 Å². The molecule has 1 atom stereocenters. The van der Waals surface area contributed by atoms with Crippen molar-refractivity contribution in [3.05, 3.63) is 35.4 Å². The summed E-state index contributed by atoms with van der Waals surface area (Å²) in [5.74, 6) is 0.0923. The number of nitrogens with zero attached hydrogens (tertiary/aromatic N) is 1. The molecule has 1 aromatic rings. The average Bonchev–Trinajstić information content (AvgIpc) is 2.78. The molecule has 1 heterocycles. The fourth-order valence-electron chi connectivity index (χ4n) is 2.27. The summed E-state index contributed by atoms with van der Waals surface area (Å²) in [4.78, 5) is 14.0. The predicted octanol–water partition coefficient (Wildman–Crippen LogP) is 2.05. The molecule has 0 saturated carbocycles. The zero-order chi connectivity index (χ0) is 12.3. The maximum Gasteiger partial charge on any atom is 0.240 e. The van der Waals surface area contributed by atoms with Crippen LogP contribution in [-0.2, 0) is 17.9 Å². The molecule has 0 aromatic heterocycles. The summed E-state index contributed by atoms with van der Waals surface area (Å²) >= 11 is 0. The second-order valence-corrected chi connectivity index (χ2v) is 4.71. The molecule has 92 valence electrons. The van der Waals surface area contributed by atoms with Crippen LogP contribution in [0.5, 0.6) is 0 Å². The topological polar surface area (TPSA) is 46.3 Å². The summed E-state index contributed by atoms with van der Waals surface area (Å²) in [7, 11) is 0. The number of rotatable bonds is 4. The van der Waals surface area contributed by atoms with Crippen molar-refractivity contribution in [3.8, 4) is 0 Å². The molecule has 0 unspecified atom stereocenters.